The van der Waals surface area contributed by atoms with Crippen molar-refractivity contribution in [2.75, 3.05) is 0 Å². The third kappa shape index (κ3) is 4.13. The van der Waals surface area contributed by atoms with E-state index in [0.29, 0.717) is 0 Å². The van der Waals surface area contributed by atoms with Crippen molar-refractivity contribution in [1.29, 1.82) is 0 Å². The molecule has 0 spiro atoms. The SMILES string of the molecule is C1=CC2=CC=C1C2.CCCC[Si](ON)(c1ccccc1)c1ccccc1. The Bertz CT molecular complexity index is 734. The highest BCUT2D eigenvalue weighted by molar-refractivity contribution is 6.97. The van der Waals surface area contributed by atoms with Gasteiger partial charge in [-0.3, -0.25) is 0 Å². The van der Waals surface area contributed by atoms with Gasteiger partial charge in [0.2, 0.25) is 0 Å². The highest BCUT2D eigenvalue weighted by atomic mass is 28.4. The van der Waals surface area contributed by atoms with E-state index in [1.54, 1.807) is 0 Å². The van der Waals surface area contributed by atoms with Crippen LogP contribution in [0.25, 0.3) is 0 Å². The van der Waals surface area contributed by atoms with Crippen molar-refractivity contribution in [2.24, 2.45) is 5.90 Å². The largest absolute Gasteiger partial charge is 0.337 e. The van der Waals surface area contributed by atoms with E-state index in [0.717, 1.165) is 18.9 Å². The normalized spacial score (nSPS) is 14.5. The number of hydrogen-bond acceptors (Lipinski definition) is 2. The van der Waals surface area contributed by atoms with E-state index in [1.807, 2.05) is 12.1 Å². The van der Waals surface area contributed by atoms with Crippen LogP contribution in [0.3, 0.4) is 0 Å². The summed E-state index contributed by atoms with van der Waals surface area (Å²) in [4.78, 5) is 0. The summed E-state index contributed by atoms with van der Waals surface area (Å²) < 4.78 is 5.65. The van der Waals surface area contributed by atoms with Crippen LogP contribution >= 0.6 is 0 Å². The molecule has 134 valence electrons. The number of unbranched alkanes of at least 4 members (excludes halogenated alkanes) is 1. The molecule has 0 radical (unpaired) electrons. The van der Waals surface area contributed by atoms with Crippen LogP contribution in [0, 0.1) is 0 Å². The van der Waals surface area contributed by atoms with Crippen molar-refractivity contribution in [3.05, 3.63) is 96.1 Å². The summed E-state index contributed by atoms with van der Waals surface area (Å²) in [6.07, 6.45) is 12.2. The van der Waals surface area contributed by atoms with Crippen LogP contribution in [-0.4, -0.2) is 8.32 Å². The third-order valence-corrected chi connectivity index (χ3v) is 8.99. The number of nitrogens with two attached hydrogens (primary N) is 1. The standard InChI is InChI=1S/C16H21NOSi.C7H6/c1-2-3-14-19(18-17,15-10-6-4-7-11-15)16-12-8-5-9-13-16;1-2-7-4-3-6(1)5-7/h4-13H,2-3,14,17H2,1H3;1-4H,5H2. The highest BCUT2D eigenvalue weighted by Crippen LogP contribution is 2.27. The van der Waals surface area contributed by atoms with Gasteiger partial charge >= 0.3 is 0 Å². The Balaban J connectivity index is 0.000000229. The van der Waals surface area contributed by atoms with Crippen LogP contribution in [0.2, 0.25) is 6.04 Å². The van der Waals surface area contributed by atoms with Gasteiger partial charge in [0.1, 0.15) is 0 Å². The first-order valence-electron chi connectivity index (χ1n) is 9.35. The Morgan fingerprint density at radius 2 is 1.35 bits per heavy atom. The van der Waals surface area contributed by atoms with Gasteiger partial charge in [0.25, 0.3) is 8.32 Å². The molecule has 2 aliphatic carbocycles. The van der Waals surface area contributed by atoms with Crippen LogP contribution in [0.1, 0.15) is 26.2 Å². The van der Waals surface area contributed by atoms with E-state index in [1.165, 1.54) is 27.9 Å². The molecular formula is C23H27NOSi. The average Bonchev–Trinajstić information content (AvgIpc) is 3.37. The van der Waals surface area contributed by atoms with Crippen molar-refractivity contribution in [3.63, 3.8) is 0 Å². The van der Waals surface area contributed by atoms with Crippen LogP contribution < -0.4 is 16.3 Å². The fraction of sp³-hybridized carbons (Fsp3) is 0.217. The first-order valence-corrected chi connectivity index (χ1v) is 11.5. The second-order valence-electron chi connectivity index (χ2n) is 6.77. The van der Waals surface area contributed by atoms with E-state index in [-0.39, 0.29) is 0 Å². The van der Waals surface area contributed by atoms with E-state index in [2.05, 4.69) is 79.8 Å². The zero-order valence-electron chi connectivity index (χ0n) is 15.4. The maximum absolute atomic E-state index is 5.77. The van der Waals surface area contributed by atoms with Crippen molar-refractivity contribution in [3.8, 4) is 0 Å². The fourth-order valence-electron chi connectivity index (χ4n) is 3.50. The number of allylic oxidation sites excluding steroid dienone is 6. The Kier molecular flexibility index (Phi) is 6.39. The summed E-state index contributed by atoms with van der Waals surface area (Å²) in [5.41, 5.74) is 2.94. The monoisotopic (exact) mass is 361 g/mol. The van der Waals surface area contributed by atoms with Gasteiger partial charge in [-0.15, -0.1) is 0 Å². The maximum Gasteiger partial charge on any atom is 0.281 e. The summed E-state index contributed by atoms with van der Waals surface area (Å²) in [5, 5.41) is 2.49. The molecule has 2 aromatic carbocycles. The Hall–Kier alpha value is -2.20. The molecule has 0 amide bonds. The van der Waals surface area contributed by atoms with Gasteiger partial charge in [-0.2, -0.15) is 0 Å². The average molecular weight is 362 g/mol. The van der Waals surface area contributed by atoms with E-state index in [4.69, 9.17) is 10.4 Å². The number of fused-ring (bicyclic) bond motifs is 2. The summed E-state index contributed by atoms with van der Waals surface area (Å²) in [5.74, 6) is 5.77. The van der Waals surface area contributed by atoms with Crippen LogP contribution in [0.5, 0.6) is 0 Å². The van der Waals surface area contributed by atoms with Gasteiger partial charge < -0.3 is 4.53 Å². The van der Waals surface area contributed by atoms with Gasteiger partial charge in [-0.25, -0.2) is 5.90 Å². The van der Waals surface area contributed by atoms with E-state index >= 15 is 0 Å². The molecule has 3 heteroatoms. The number of benzene rings is 2. The quantitative estimate of drug-likeness (QED) is 0.617. The van der Waals surface area contributed by atoms with Crippen LogP contribution in [0.4, 0.5) is 0 Å². The topological polar surface area (TPSA) is 35.2 Å². The highest BCUT2D eigenvalue weighted by Gasteiger charge is 2.38. The van der Waals surface area contributed by atoms with E-state index < -0.39 is 8.32 Å². The fourth-order valence-corrected chi connectivity index (χ4v) is 7.12. The summed E-state index contributed by atoms with van der Waals surface area (Å²) in [6.45, 7) is 2.20. The van der Waals surface area contributed by atoms with Crippen molar-refractivity contribution in [1.82, 2.24) is 0 Å². The van der Waals surface area contributed by atoms with Crippen molar-refractivity contribution >= 4 is 18.7 Å². The molecule has 0 aromatic heterocycles. The predicted molar refractivity (Wildman–Crippen MR) is 113 cm³/mol. The van der Waals surface area contributed by atoms with Gasteiger partial charge in [0.05, 0.1) is 0 Å². The minimum Gasteiger partial charge on any atom is -0.337 e. The molecule has 0 heterocycles. The van der Waals surface area contributed by atoms with Crippen molar-refractivity contribution in [2.45, 2.75) is 32.2 Å². The third-order valence-electron chi connectivity index (χ3n) is 5.00. The summed E-state index contributed by atoms with van der Waals surface area (Å²) in [7, 11) is -2.26. The number of rotatable bonds is 6. The molecule has 26 heavy (non-hydrogen) atoms. The van der Waals surface area contributed by atoms with Crippen molar-refractivity contribution < 1.29 is 4.53 Å². The summed E-state index contributed by atoms with van der Waals surface area (Å²) in [6, 6.07) is 21.9. The lowest BCUT2D eigenvalue weighted by Gasteiger charge is -2.29. The molecular weight excluding hydrogens is 334 g/mol. The minimum absolute atomic E-state index is 1.02. The molecule has 4 rings (SSSR count). The molecule has 2 bridgehead atoms. The first-order chi connectivity index (χ1) is 12.8. The molecule has 0 saturated carbocycles. The molecule has 2 N–H and O–H groups in total. The second-order valence-corrected chi connectivity index (χ2v) is 10.3. The van der Waals surface area contributed by atoms with Gasteiger partial charge in [-0.05, 0) is 34.0 Å². The lowest BCUT2D eigenvalue weighted by atomic mass is 10.3. The molecule has 2 aromatic rings. The molecule has 2 aliphatic rings. The van der Waals surface area contributed by atoms with E-state index in [9.17, 15) is 0 Å². The molecule has 0 aliphatic heterocycles. The molecule has 0 unspecified atom stereocenters. The first kappa shape index (κ1) is 18.6. The molecule has 0 saturated heterocycles. The van der Waals surface area contributed by atoms with Crippen LogP contribution in [0.15, 0.2) is 96.1 Å². The summed E-state index contributed by atoms with van der Waals surface area (Å²) >= 11 is 0. The lowest BCUT2D eigenvalue weighted by molar-refractivity contribution is 0.331. The smallest absolute Gasteiger partial charge is 0.281 e. The Morgan fingerprint density at radius 1 is 0.846 bits per heavy atom. The Morgan fingerprint density at radius 3 is 1.65 bits per heavy atom. The predicted octanol–water partition coefficient (Wildman–Crippen LogP) is 4.25. The maximum atomic E-state index is 5.77. The Labute approximate surface area is 157 Å². The molecule has 0 fully saturated rings. The lowest BCUT2D eigenvalue weighted by Crippen LogP contribution is -2.62. The zero-order valence-corrected chi connectivity index (χ0v) is 16.4. The minimum atomic E-state index is -2.26. The zero-order chi connectivity index (χ0) is 18.2. The van der Waals surface area contributed by atoms with Crippen LogP contribution in [-0.2, 0) is 4.53 Å². The molecule has 0 atom stereocenters. The van der Waals surface area contributed by atoms with Gasteiger partial charge in [0.15, 0.2) is 0 Å². The second kappa shape index (κ2) is 8.95. The van der Waals surface area contributed by atoms with Gasteiger partial charge in [-0.1, -0.05) is 105 Å². The number of hydrogen-bond donors (Lipinski definition) is 1. The molecule has 2 nitrogen and oxygen atoms in total. The van der Waals surface area contributed by atoms with Gasteiger partial charge in [0, 0.05) is 0 Å².